The highest BCUT2D eigenvalue weighted by molar-refractivity contribution is 6.52. The highest BCUT2D eigenvalue weighted by atomic mass is 16.2. The van der Waals surface area contributed by atoms with Gasteiger partial charge in [0.15, 0.2) is 7.28 Å². The molecule has 1 aromatic carbocycles. The molecule has 0 radical (unpaired) electrons. The minimum Gasteiger partial charge on any atom is -0.323 e. The van der Waals surface area contributed by atoms with Crippen molar-refractivity contribution >= 4 is 24.7 Å². The Morgan fingerprint density at radius 1 is 1.33 bits per heavy atom. The van der Waals surface area contributed by atoms with Crippen LogP contribution in [0.4, 0.5) is 4.79 Å². The molecule has 1 unspecified atom stereocenters. The van der Waals surface area contributed by atoms with Gasteiger partial charge in [-0.05, 0) is 24.0 Å². The minimum absolute atomic E-state index is 0.177. The number of imide groups is 1. The average molecular weight is 242 g/mol. The van der Waals surface area contributed by atoms with E-state index in [2.05, 4.69) is 35.7 Å². The predicted octanol–water partition coefficient (Wildman–Crippen LogP) is -0.137. The lowest BCUT2D eigenvalue weighted by Gasteiger charge is -2.33. The second kappa shape index (κ2) is 3.87. The third-order valence-corrected chi connectivity index (χ3v) is 4.07. The zero-order valence-corrected chi connectivity index (χ0v) is 10.4. The number of urea groups is 1. The molecule has 3 amide bonds. The number of aryl methyl sites for hydroxylation is 1. The van der Waals surface area contributed by atoms with Crippen molar-refractivity contribution in [2.75, 3.05) is 0 Å². The summed E-state index contributed by atoms with van der Waals surface area (Å²) in [5, 5.41) is 5.17. The van der Waals surface area contributed by atoms with Gasteiger partial charge in [-0.3, -0.25) is 10.1 Å². The Bertz CT molecular complexity index is 530. The van der Waals surface area contributed by atoms with Crippen molar-refractivity contribution in [2.24, 2.45) is 0 Å². The van der Waals surface area contributed by atoms with Crippen LogP contribution >= 0.6 is 0 Å². The van der Waals surface area contributed by atoms with Crippen molar-refractivity contribution in [3.63, 3.8) is 0 Å². The third kappa shape index (κ3) is 1.54. The Hall–Kier alpha value is -1.78. The van der Waals surface area contributed by atoms with Crippen LogP contribution in [0, 0.1) is 0 Å². The summed E-state index contributed by atoms with van der Waals surface area (Å²) in [6.45, 7) is 2.12. The molecule has 1 fully saturated rings. The maximum Gasteiger partial charge on any atom is 0.322 e. The number of hydrogen-bond acceptors (Lipinski definition) is 2. The van der Waals surface area contributed by atoms with Gasteiger partial charge >= 0.3 is 6.03 Å². The number of amides is 3. The van der Waals surface area contributed by atoms with Gasteiger partial charge in [0.2, 0.25) is 0 Å². The number of fused-ring (bicyclic) bond motifs is 1. The van der Waals surface area contributed by atoms with E-state index in [1.807, 2.05) is 0 Å². The van der Waals surface area contributed by atoms with Crippen molar-refractivity contribution in [2.45, 2.75) is 31.6 Å². The first kappa shape index (κ1) is 11.3. The molecule has 1 heterocycles. The SMILES string of the molecule is CBc1cccc2c1CC1(CC2)NC(=O)NC1=O. The molecule has 1 spiro atoms. The van der Waals surface area contributed by atoms with Gasteiger partial charge in [-0.1, -0.05) is 30.5 Å². The van der Waals surface area contributed by atoms with Gasteiger partial charge in [0, 0.05) is 6.42 Å². The summed E-state index contributed by atoms with van der Waals surface area (Å²) in [7, 11) is 0.953. The Labute approximate surface area is 106 Å². The van der Waals surface area contributed by atoms with E-state index in [0.29, 0.717) is 12.8 Å². The normalized spacial score (nSPS) is 25.6. The lowest BCUT2D eigenvalue weighted by molar-refractivity contribution is -0.124. The molecule has 1 aromatic rings. The van der Waals surface area contributed by atoms with Gasteiger partial charge in [0.1, 0.15) is 5.54 Å². The molecule has 18 heavy (non-hydrogen) atoms. The first-order valence-electron chi connectivity index (χ1n) is 6.38. The van der Waals surface area contributed by atoms with Gasteiger partial charge < -0.3 is 5.32 Å². The van der Waals surface area contributed by atoms with Crippen LogP contribution in [-0.4, -0.2) is 24.8 Å². The molecule has 2 aliphatic rings. The van der Waals surface area contributed by atoms with E-state index in [0.717, 1.165) is 13.7 Å². The molecular formula is C13H15BN2O2. The second-order valence-corrected chi connectivity index (χ2v) is 5.08. The molecule has 0 saturated carbocycles. The highest BCUT2D eigenvalue weighted by Crippen LogP contribution is 2.30. The van der Waals surface area contributed by atoms with Crippen molar-refractivity contribution in [1.82, 2.24) is 10.6 Å². The van der Waals surface area contributed by atoms with E-state index in [1.54, 1.807) is 0 Å². The van der Waals surface area contributed by atoms with Gasteiger partial charge in [0.25, 0.3) is 5.91 Å². The smallest absolute Gasteiger partial charge is 0.322 e. The number of hydrogen-bond donors (Lipinski definition) is 2. The Balaban J connectivity index is 2.02. The fraction of sp³-hybridized carbons (Fsp3) is 0.385. The standard InChI is InChI=1S/C13H15BN2O2/c1-14-10-4-2-3-8-5-6-13(7-9(8)10)11(17)15-12(18)16-13/h2-4,14H,5-7H2,1H3,(H2,15,16,17,18). The molecule has 2 N–H and O–H groups in total. The quantitative estimate of drug-likeness (QED) is 0.532. The topological polar surface area (TPSA) is 58.2 Å². The highest BCUT2D eigenvalue weighted by Gasteiger charge is 2.48. The maximum absolute atomic E-state index is 12.0. The molecule has 1 saturated heterocycles. The lowest BCUT2D eigenvalue weighted by Crippen LogP contribution is -2.52. The molecule has 92 valence electrons. The Morgan fingerprint density at radius 2 is 2.17 bits per heavy atom. The molecule has 0 aromatic heterocycles. The summed E-state index contributed by atoms with van der Waals surface area (Å²) >= 11 is 0. The lowest BCUT2D eigenvalue weighted by atomic mass is 9.65. The third-order valence-electron chi connectivity index (χ3n) is 4.07. The van der Waals surface area contributed by atoms with Gasteiger partial charge in [-0.2, -0.15) is 0 Å². The van der Waals surface area contributed by atoms with Crippen LogP contribution in [0.15, 0.2) is 18.2 Å². The first-order valence-corrected chi connectivity index (χ1v) is 6.38. The van der Waals surface area contributed by atoms with Crippen molar-refractivity contribution in [3.05, 3.63) is 29.3 Å². The molecule has 4 nitrogen and oxygen atoms in total. The largest absolute Gasteiger partial charge is 0.323 e. The zero-order valence-electron chi connectivity index (χ0n) is 10.4. The van der Waals surface area contributed by atoms with Crippen LogP contribution in [0.2, 0.25) is 6.82 Å². The van der Waals surface area contributed by atoms with Crippen LogP contribution in [0.3, 0.4) is 0 Å². The average Bonchev–Trinajstić information content (AvgIpc) is 2.63. The summed E-state index contributed by atoms with van der Waals surface area (Å²) < 4.78 is 0. The van der Waals surface area contributed by atoms with Crippen LogP contribution in [0.1, 0.15) is 17.5 Å². The number of carbonyl (C=O) groups excluding carboxylic acids is 2. The Morgan fingerprint density at radius 3 is 2.83 bits per heavy atom. The molecule has 1 atom stereocenters. The fourth-order valence-corrected chi connectivity index (χ4v) is 3.05. The maximum atomic E-state index is 12.0. The van der Waals surface area contributed by atoms with Crippen molar-refractivity contribution < 1.29 is 9.59 Å². The van der Waals surface area contributed by atoms with Crippen LogP contribution in [-0.2, 0) is 17.6 Å². The van der Waals surface area contributed by atoms with Gasteiger partial charge in [-0.25, -0.2) is 4.79 Å². The molecule has 3 rings (SSSR count). The van der Waals surface area contributed by atoms with E-state index >= 15 is 0 Å². The summed E-state index contributed by atoms with van der Waals surface area (Å²) in [6, 6.07) is 5.93. The number of rotatable bonds is 1. The summed E-state index contributed by atoms with van der Waals surface area (Å²) in [5.74, 6) is -0.177. The summed E-state index contributed by atoms with van der Waals surface area (Å²) in [5.41, 5.74) is 3.12. The molecular weight excluding hydrogens is 227 g/mol. The van der Waals surface area contributed by atoms with E-state index < -0.39 is 5.54 Å². The predicted molar refractivity (Wildman–Crippen MR) is 70.5 cm³/mol. The molecule has 0 bridgehead atoms. The molecule has 1 aliphatic heterocycles. The number of nitrogens with one attached hydrogen (secondary N) is 2. The van der Waals surface area contributed by atoms with Crippen LogP contribution in [0.25, 0.3) is 0 Å². The summed E-state index contributed by atoms with van der Waals surface area (Å²) in [4.78, 5) is 23.3. The van der Waals surface area contributed by atoms with E-state index in [4.69, 9.17) is 0 Å². The molecule has 5 heteroatoms. The van der Waals surface area contributed by atoms with Gasteiger partial charge in [0.05, 0.1) is 0 Å². The zero-order chi connectivity index (χ0) is 12.8. The van der Waals surface area contributed by atoms with Crippen molar-refractivity contribution in [3.8, 4) is 0 Å². The minimum atomic E-state index is -0.713. The van der Waals surface area contributed by atoms with Gasteiger partial charge in [-0.15, -0.1) is 0 Å². The monoisotopic (exact) mass is 242 g/mol. The van der Waals surface area contributed by atoms with E-state index in [-0.39, 0.29) is 11.9 Å². The fourth-order valence-electron chi connectivity index (χ4n) is 3.05. The summed E-state index contributed by atoms with van der Waals surface area (Å²) in [6.07, 6.45) is 2.14. The Kier molecular flexibility index (Phi) is 2.43. The number of benzene rings is 1. The van der Waals surface area contributed by atoms with E-state index in [9.17, 15) is 9.59 Å². The molecule has 1 aliphatic carbocycles. The second-order valence-electron chi connectivity index (χ2n) is 5.08. The van der Waals surface area contributed by atoms with Crippen LogP contribution in [0.5, 0.6) is 0 Å². The van der Waals surface area contributed by atoms with Crippen LogP contribution < -0.4 is 16.1 Å². The number of carbonyl (C=O) groups is 2. The first-order chi connectivity index (χ1) is 8.64. The van der Waals surface area contributed by atoms with Crippen molar-refractivity contribution in [1.29, 1.82) is 0 Å². The van der Waals surface area contributed by atoms with E-state index in [1.165, 1.54) is 16.6 Å².